The first-order chi connectivity index (χ1) is 12.6. The first-order valence-corrected chi connectivity index (χ1v) is 8.88. The van der Waals surface area contributed by atoms with Crippen LogP contribution < -0.4 is 10.6 Å². The van der Waals surface area contributed by atoms with E-state index >= 15 is 0 Å². The largest absolute Gasteiger partial charge is 0.343 e. The van der Waals surface area contributed by atoms with Crippen molar-refractivity contribution in [1.29, 1.82) is 0 Å². The molecule has 132 valence electrons. The van der Waals surface area contributed by atoms with Crippen LogP contribution in [-0.2, 0) is 17.8 Å². The van der Waals surface area contributed by atoms with E-state index in [4.69, 9.17) is 0 Å². The van der Waals surface area contributed by atoms with Crippen molar-refractivity contribution in [3.8, 4) is 0 Å². The summed E-state index contributed by atoms with van der Waals surface area (Å²) in [4.78, 5) is 25.7. The molecule has 2 aromatic carbocycles. The molecule has 5 nitrogen and oxygen atoms in total. The lowest BCUT2D eigenvalue weighted by Gasteiger charge is -2.08. The van der Waals surface area contributed by atoms with Gasteiger partial charge in [-0.05, 0) is 30.7 Å². The van der Waals surface area contributed by atoms with Gasteiger partial charge in [-0.2, -0.15) is 0 Å². The second-order valence-corrected chi connectivity index (χ2v) is 6.64. The van der Waals surface area contributed by atoms with Gasteiger partial charge in [-0.1, -0.05) is 30.3 Å². The van der Waals surface area contributed by atoms with E-state index < -0.39 is 11.7 Å². The fourth-order valence-corrected chi connectivity index (χ4v) is 3.67. The minimum absolute atomic E-state index is 0.474. The first-order valence-electron chi connectivity index (χ1n) is 8.88. The van der Waals surface area contributed by atoms with Gasteiger partial charge in [-0.15, -0.1) is 0 Å². The molecule has 1 amide bonds. The van der Waals surface area contributed by atoms with Crippen LogP contribution in [0.15, 0.2) is 48.5 Å². The quantitative estimate of drug-likeness (QED) is 0.566. The number of carbonyl (C=O) groups is 2. The van der Waals surface area contributed by atoms with E-state index in [0.717, 1.165) is 48.2 Å². The monoisotopic (exact) mass is 347 g/mol. The first kappa shape index (κ1) is 16.5. The topological polar surface area (TPSA) is 63.1 Å². The molecule has 4 rings (SSSR count). The molecule has 0 aliphatic carbocycles. The number of aryl methyl sites for hydroxylation is 1. The number of anilines is 1. The van der Waals surface area contributed by atoms with Crippen LogP contribution in [0.25, 0.3) is 10.9 Å². The molecule has 0 saturated carbocycles. The second-order valence-electron chi connectivity index (χ2n) is 6.64. The van der Waals surface area contributed by atoms with Crippen LogP contribution in [-0.4, -0.2) is 29.3 Å². The van der Waals surface area contributed by atoms with Gasteiger partial charge in [0.05, 0.1) is 5.56 Å². The van der Waals surface area contributed by atoms with Gasteiger partial charge in [-0.3, -0.25) is 9.59 Å². The Labute approximate surface area is 152 Å². The van der Waals surface area contributed by atoms with Crippen molar-refractivity contribution in [3.63, 3.8) is 0 Å². The van der Waals surface area contributed by atoms with Gasteiger partial charge in [0.25, 0.3) is 11.7 Å². The molecule has 0 bridgehead atoms. The average Bonchev–Trinajstić information content (AvgIpc) is 2.78. The number of carbonyl (C=O) groups excluding carboxylic acids is 2. The van der Waals surface area contributed by atoms with Gasteiger partial charge < -0.3 is 15.2 Å². The van der Waals surface area contributed by atoms with Gasteiger partial charge >= 0.3 is 0 Å². The van der Waals surface area contributed by atoms with Crippen LogP contribution in [0, 0.1) is 6.92 Å². The number of ketones is 1. The number of Topliss-reactive ketones (excluding diaryl/α,β-unsaturated/α-hetero) is 1. The van der Waals surface area contributed by atoms with E-state index in [1.807, 2.05) is 49.4 Å². The lowest BCUT2D eigenvalue weighted by Crippen LogP contribution is -2.24. The third-order valence-electron chi connectivity index (χ3n) is 4.84. The number of fused-ring (bicyclic) bond motifs is 3. The van der Waals surface area contributed by atoms with Crippen LogP contribution >= 0.6 is 0 Å². The van der Waals surface area contributed by atoms with E-state index in [9.17, 15) is 9.59 Å². The zero-order valence-corrected chi connectivity index (χ0v) is 14.7. The summed E-state index contributed by atoms with van der Waals surface area (Å²) < 4.78 is 2.17. The summed E-state index contributed by atoms with van der Waals surface area (Å²) in [6, 6.07) is 15.3. The minimum Gasteiger partial charge on any atom is -0.343 e. The number of hydrogen-bond acceptors (Lipinski definition) is 3. The molecule has 0 unspecified atom stereocenters. The highest BCUT2D eigenvalue weighted by Gasteiger charge is 2.27. The zero-order chi connectivity index (χ0) is 18.1. The Morgan fingerprint density at radius 1 is 1.08 bits per heavy atom. The van der Waals surface area contributed by atoms with Crippen LogP contribution in [0.5, 0.6) is 0 Å². The predicted octanol–water partition coefficient (Wildman–Crippen LogP) is 2.92. The molecule has 0 spiro atoms. The standard InChI is InChI=1S/C21H21N3O2/c1-14-5-4-6-15(13-14)23-21(26)20(25)19-16-7-2-3-8-17(16)24-12-11-22-10-9-18(19)24/h2-8,13,22H,9-12H2,1H3,(H,23,26). The van der Waals surface area contributed by atoms with E-state index in [-0.39, 0.29) is 0 Å². The lowest BCUT2D eigenvalue weighted by atomic mass is 10.0. The smallest absolute Gasteiger partial charge is 0.296 e. The lowest BCUT2D eigenvalue weighted by molar-refractivity contribution is -0.112. The molecular formula is C21H21N3O2. The maximum atomic E-state index is 13.0. The molecule has 1 aromatic heterocycles. The van der Waals surface area contributed by atoms with E-state index in [0.29, 0.717) is 11.3 Å². The van der Waals surface area contributed by atoms with Crippen molar-refractivity contribution in [2.75, 3.05) is 18.4 Å². The molecule has 0 radical (unpaired) electrons. The summed E-state index contributed by atoms with van der Waals surface area (Å²) in [5, 5.41) is 6.95. The highest BCUT2D eigenvalue weighted by atomic mass is 16.2. The fraction of sp³-hybridized carbons (Fsp3) is 0.238. The molecule has 1 aliphatic rings. The maximum Gasteiger partial charge on any atom is 0.296 e. The van der Waals surface area contributed by atoms with Gasteiger partial charge in [-0.25, -0.2) is 0 Å². The van der Waals surface area contributed by atoms with Crippen molar-refractivity contribution < 1.29 is 9.59 Å². The van der Waals surface area contributed by atoms with Crippen LogP contribution in [0.4, 0.5) is 5.69 Å². The Morgan fingerprint density at radius 3 is 2.77 bits per heavy atom. The van der Waals surface area contributed by atoms with Gasteiger partial charge in [0, 0.05) is 48.3 Å². The molecule has 3 aromatic rings. The van der Waals surface area contributed by atoms with Crippen molar-refractivity contribution >= 4 is 28.3 Å². The van der Waals surface area contributed by atoms with Crippen LogP contribution in [0.2, 0.25) is 0 Å². The summed E-state index contributed by atoms with van der Waals surface area (Å²) in [5.74, 6) is -1.06. The van der Waals surface area contributed by atoms with Crippen LogP contribution in [0.1, 0.15) is 21.6 Å². The average molecular weight is 347 g/mol. The van der Waals surface area contributed by atoms with Gasteiger partial charge in [0.2, 0.25) is 0 Å². The van der Waals surface area contributed by atoms with Crippen molar-refractivity contribution in [1.82, 2.24) is 9.88 Å². The second kappa shape index (κ2) is 6.77. The number of amides is 1. The molecule has 0 atom stereocenters. The molecular weight excluding hydrogens is 326 g/mol. The normalized spacial score (nSPS) is 13.9. The molecule has 0 saturated heterocycles. The Balaban J connectivity index is 1.74. The predicted molar refractivity (Wildman–Crippen MR) is 103 cm³/mol. The highest BCUT2D eigenvalue weighted by molar-refractivity contribution is 6.48. The summed E-state index contributed by atoms with van der Waals surface area (Å²) in [6.45, 7) is 4.40. The number of aromatic nitrogens is 1. The number of para-hydroxylation sites is 1. The zero-order valence-electron chi connectivity index (χ0n) is 14.7. The van der Waals surface area contributed by atoms with E-state index in [1.54, 1.807) is 6.07 Å². The van der Waals surface area contributed by atoms with E-state index in [2.05, 4.69) is 15.2 Å². The highest BCUT2D eigenvalue weighted by Crippen LogP contribution is 2.28. The summed E-state index contributed by atoms with van der Waals surface area (Å²) >= 11 is 0. The molecule has 0 fully saturated rings. The number of nitrogens with zero attached hydrogens (tertiary/aromatic N) is 1. The Bertz CT molecular complexity index is 1000. The number of benzene rings is 2. The SMILES string of the molecule is Cc1cccc(NC(=O)C(=O)c2c3n(c4ccccc24)CCNCC3)c1. The Morgan fingerprint density at radius 2 is 1.92 bits per heavy atom. The third-order valence-corrected chi connectivity index (χ3v) is 4.84. The molecule has 26 heavy (non-hydrogen) atoms. The Hall–Kier alpha value is -2.92. The van der Waals surface area contributed by atoms with Crippen molar-refractivity contribution in [3.05, 3.63) is 65.4 Å². The van der Waals surface area contributed by atoms with Gasteiger partial charge in [0.1, 0.15) is 0 Å². The summed E-state index contributed by atoms with van der Waals surface area (Å²) in [6.07, 6.45) is 0.730. The van der Waals surface area contributed by atoms with Crippen molar-refractivity contribution in [2.45, 2.75) is 19.9 Å². The molecule has 1 aliphatic heterocycles. The number of hydrogen-bond donors (Lipinski definition) is 2. The number of rotatable bonds is 3. The van der Waals surface area contributed by atoms with Crippen molar-refractivity contribution in [2.24, 2.45) is 0 Å². The van der Waals surface area contributed by atoms with E-state index in [1.165, 1.54) is 0 Å². The summed E-state index contributed by atoms with van der Waals surface area (Å²) in [5.41, 5.74) is 4.16. The molecule has 2 N–H and O–H groups in total. The minimum atomic E-state index is -0.591. The molecule has 5 heteroatoms. The maximum absolute atomic E-state index is 13.0. The van der Waals surface area contributed by atoms with Crippen LogP contribution in [0.3, 0.4) is 0 Å². The third kappa shape index (κ3) is 2.91. The van der Waals surface area contributed by atoms with Gasteiger partial charge in [0.15, 0.2) is 0 Å². The Kier molecular flexibility index (Phi) is 4.31. The fourth-order valence-electron chi connectivity index (χ4n) is 3.67. The molecule has 2 heterocycles. The summed E-state index contributed by atoms with van der Waals surface area (Å²) in [7, 11) is 0. The number of nitrogens with one attached hydrogen (secondary N) is 2.